The summed E-state index contributed by atoms with van der Waals surface area (Å²) in [5.74, 6) is 0.700. The normalized spacial score (nSPS) is 11.7. The lowest BCUT2D eigenvalue weighted by Crippen LogP contribution is -2.15. The summed E-state index contributed by atoms with van der Waals surface area (Å²) < 4.78 is 5.49. The number of benzene rings is 2. The molecule has 3 N–H and O–H groups in total. The Balaban J connectivity index is 1.76. The van der Waals surface area contributed by atoms with Crippen LogP contribution in [0.5, 0.6) is 5.75 Å². The molecule has 110 valence electrons. The van der Waals surface area contributed by atoms with E-state index in [1.807, 2.05) is 61.5 Å². The highest BCUT2D eigenvalue weighted by atomic mass is 16.5. The molecule has 0 heterocycles. The second-order valence-corrected chi connectivity index (χ2v) is 4.87. The van der Waals surface area contributed by atoms with Crippen LogP contribution < -0.4 is 15.8 Å². The lowest BCUT2D eigenvalue weighted by molar-refractivity contribution is -0.116. The van der Waals surface area contributed by atoms with E-state index in [0.717, 1.165) is 17.0 Å². The SMILES string of the molecule is CC(N)c1ccc(NC(=O)CCOc2ccccc2)cc1. The first-order chi connectivity index (χ1) is 10.1. The van der Waals surface area contributed by atoms with Crippen LogP contribution in [0.15, 0.2) is 54.6 Å². The molecule has 0 spiro atoms. The van der Waals surface area contributed by atoms with Crippen LogP contribution in [0.1, 0.15) is 24.9 Å². The number of hydrogen-bond donors (Lipinski definition) is 2. The molecule has 2 rings (SSSR count). The fourth-order valence-corrected chi connectivity index (χ4v) is 1.87. The number of rotatable bonds is 6. The molecule has 21 heavy (non-hydrogen) atoms. The van der Waals surface area contributed by atoms with E-state index < -0.39 is 0 Å². The molecule has 0 aliphatic heterocycles. The first-order valence-electron chi connectivity index (χ1n) is 6.98. The van der Waals surface area contributed by atoms with Crippen molar-refractivity contribution in [3.8, 4) is 5.75 Å². The molecule has 2 aromatic rings. The van der Waals surface area contributed by atoms with Gasteiger partial charge in [-0.05, 0) is 36.8 Å². The maximum Gasteiger partial charge on any atom is 0.227 e. The number of nitrogens with one attached hydrogen (secondary N) is 1. The molecular weight excluding hydrogens is 264 g/mol. The van der Waals surface area contributed by atoms with Crippen molar-refractivity contribution in [3.63, 3.8) is 0 Å². The van der Waals surface area contributed by atoms with E-state index in [2.05, 4.69) is 5.32 Å². The topological polar surface area (TPSA) is 64.3 Å². The van der Waals surface area contributed by atoms with Crippen LogP contribution in [0.3, 0.4) is 0 Å². The summed E-state index contributed by atoms with van der Waals surface area (Å²) in [6.45, 7) is 2.28. The van der Waals surface area contributed by atoms with Crippen molar-refractivity contribution in [2.75, 3.05) is 11.9 Å². The smallest absolute Gasteiger partial charge is 0.227 e. The maximum absolute atomic E-state index is 11.8. The standard InChI is InChI=1S/C17H20N2O2/c1-13(18)14-7-9-15(10-8-14)19-17(20)11-12-21-16-5-3-2-4-6-16/h2-10,13H,11-12,18H2,1H3,(H,19,20). The Bertz CT molecular complexity index is 565. The minimum Gasteiger partial charge on any atom is -0.493 e. The molecule has 4 heteroatoms. The number of carbonyl (C=O) groups excluding carboxylic acids is 1. The van der Waals surface area contributed by atoms with Crippen molar-refractivity contribution in [1.82, 2.24) is 0 Å². The first-order valence-corrected chi connectivity index (χ1v) is 6.98. The van der Waals surface area contributed by atoms with Gasteiger partial charge in [0.1, 0.15) is 5.75 Å². The molecule has 0 aliphatic rings. The highest BCUT2D eigenvalue weighted by Crippen LogP contribution is 2.14. The van der Waals surface area contributed by atoms with Crippen molar-refractivity contribution in [2.45, 2.75) is 19.4 Å². The van der Waals surface area contributed by atoms with Crippen molar-refractivity contribution in [3.05, 3.63) is 60.2 Å². The van der Waals surface area contributed by atoms with Crippen LogP contribution in [0, 0.1) is 0 Å². The molecule has 1 atom stereocenters. The van der Waals surface area contributed by atoms with E-state index in [1.54, 1.807) is 0 Å². The predicted molar refractivity (Wildman–Crippen MR) is 84.2 cm³/mol. The fourth-order valence-electron chi connectivity index (χ4n) is 1.87. The van der Waals surface area contributed by atoms with Crippen LogP contribution in [-0.4, -0.2) is 12.5 Å². The quantitative estimate of drug-likeness (QED) is 0.856. The molecule has 0 fully saturated rings. The van der Waals surface area contributed by atoms with Crippen LogP contribution in [0.2, 0.25) is 0 Å². The van der Waals surface area contributed by atoms with Gasteiger partial charge >= 0.3 is 0 Å². The Morgan fingerprint density at radius 3 is 2.43 bits per heavy atom. The number of amides is 1. The van der Waals surface area contributed by atoms with Gasteiger partial charge in [0.25, 0.3) is 0 Å². The fraction of sp³-hybridized carbons (Fsp3) is 0.235. The van der Waals surface area contributed by atoms with E-state index in [-0.39, 0.29) is 11.9 Å². The van der Waals surface area contributed by atoms with Gasteiger partial charge in [0.05, 0.1) is 13.0 Å². The van der Waals surface area contributed by atoms with Gasteiger partial charge in [-0.15, -0.1) is 0 Å². The monoisotopic (exact) mass is 284 g/mol. The van der Waals surface area contributed by atoms with Gasteiger partial charge in [-0.2, -0.15) is 0 Å². The number of hydrogen-bond acceptors (Lipinski definition) is 3. The highest BCUT2D eigenvalue weighted by Gasteiger charge is 2.04. The predicted octanol–water partition coefficient (Wildman–Crippen LogP) is 3.11. The zero-order valence-electron chi connectivity index (χ0n) is 12.1. The van der Waals surface area contributed by atoms with Crippen molar-refractivity contribution in [2.24, 2.45) is 5.73 Å². The van der Waals surface area contributed by atoms with Gasteiger partial charge in [-0.3, -0.25) is 4.79 Å². The van der Waals surface area contributed by atoms with Gasteiger partial charge in [-0.25, -0.2) is 0 Å². The van der Waals surface area contributed by atoms with Crippen molar-refractivity contribution >= 4 is 11.6 Å². The number of para-hydroxylation sites is 1. The Kier molecular flexibility index (Phi) is 5.35. The van der Waals surface area contributed by atoms with Gasteiger partial charge < -0.3 is 15.8 Å². The number of carbonyl (C=O) groups is 1. The Labute approximate surface area is 124 Å². The Morgan fingerprint density at radius 2 is 1.81 bits per heavy atom. The highest BCUT2D eigenvalue weighted by molar-refractivity contribution is 5.90. The zero-order valence-corrected chi connectivity index (χ0v) is 12.1. The summed E-state index contributed by atoms with van der Waals surface area (Å²) >= 11 is 0. The van der Waals surface area contributed by atoms with E-state index in [4.69, 9.17) is 10.5 Å². The third kappa shape index (κ3) is 4.93. The molecule has 0 aromatic heterocycles. The Hall–Kier alpha value is -2.33. The van der Waals surface area contributed by atoms with Gasteiger partial charge in [0, 0.05) is 11.7 Å². The largest absolute Gasteiger partial charge is 0.493 e. The molecule has 0 bridgehead atoms. The Morgan fingerprint density at radius 1 is 1.14 bits per heavy atom. The second kappa shape index (κ2) is 7.45. The van der Waals surface area contributed by atoms with Crippen LogP contribution in [0.25, 0.3) is 0 Å². The number of nitrogens with two attached hydrogens (primary N) is 1. The molecule has 0 aliphatic carbocycles. The molecule has 4 nitrogen and oxygen atoms in total. The summed E-state index contributed by atoms with van der Waals surface area (Å²) in [5, 5.41) is 2.83. The lowest BCUT2D eigenvalue weighted by Gasteiger charge is -2.09. The molecular formula is C17H20N2O2. The van der Waals surface area contributed by atoms with Crippen molar-refractivity contribution in [1.29, 1.82) is 0 Å². The third-order valence-electron chi connectivity index (χ3n) is 3.06. The lowest BCUT2D eigenvalue weighted by atomic mass is 10.1. The average molecular weight is 284 g/mol. The molecule has 1 unspecified atom stereocenters. The van der Waals surface area contributed by atoms with E-state index in [1.165, 1.54) is 0 Å². The van der Waals surface area contributed by atoms with Crippen LogP contribution >= 0.6 is 0 Å². The van der Waals surface area contributed by atoms with Crippen LogP contribution in [0.4, 0.5) is 5.69 Å². The van der Waals surface area contributed by atoms with Gasteiger partial charge in [0.2, 0.25) is 5.91 Å². The molecule has 0 saturated carbocycles. The summed E-state index contributed by atoms with van der Waals surface area (Å²) in [7, 11) is 0. The minimum atomic E-state index is -0.0699. The zero-order chi connectivity index (χ0) is 15.1. The maximum atomic E-state index is 11.8. The minimum absolute atomic E-state index is 0.00553. The summed E-state index contributed by atoms with van der Waals surface area (Å²) in [6.07, 6.45) is 0.309. The van der Waals surface area contributed by atoms with Crippen molar-refractivity contribution < 1.29 is 9.53 Å². The van der Waals surface area contributed by atoms with E-state index >= 15 is 0 Å². The second-order valence-electron chi connectivity index (χ2n) is 4.87. The number of anilines is 1. The van der Waals surface area contributed by atoms with Crippen LogP contribution in [-0.2, 0) is 4.79 Å². The average Bonchev–Trinajstić information content (AvgIpc) is 2.49. The molecule has 0 radical (unpaired) electrons. The summed E-state index contributed by atoms with van der Waals surface area (Å²) in [4.78, 5) is 11.8. The van der Waals surface area contributed by atoms with E-state index in [9.17, 15) is 4.79 Å². The molecule has 0 saturated heterocycles. The number of ether oxygens (including phenoxy) is 1. The molecule has 1 amide bonds. The van der Waals surface area contributed by atoms with E-state index in [0.29, 0.717) is 13.0 Å². The van der Waals surface area contributed by atoms with Gasteiger partial charge in [-0.1, -0.05) is 30.3 Å². The summed E-state index contributed by atoms with van der Waals surface area (Å²) in [6, 6.07) is 17.0. The van der Waals surface area contributed by atoms with Gasteiger partial charge in [0.15, 0.2) is 0 Å². The summed E-state index contributed by atoms with van der Waals surface area (Å²) in [5.41, 5.74) is 7.59. The first kappa shape index (κ1) is 15.1. The third-order valence-corrected chi connectivity index (χ3v) is 3.06. The molecule has 2 aromatic carbocycles.